The molecule has 2 N–H and O–H groups in total. The predicted molar refractivity (Wildman–Crippen MR) is 68.3 cm³/mol. The average Bonchev–Trinajstić information content (AvgIpc) is 2.35. The minimum absolute atomic E-state index is 0.368. The third kappa shape index (κ3) is 2.78. The van der Waals surface area contributed by atoms with Crippen LogP contribution in [0.15, 0.2) is 47.4 Å². The van der Waals surface area contributed by atoms with Gasteiger partial charge in [0.25, 0.3) is 0 Å². The zero-order valence-electron chi connectivity index (χ0n) is 9.04. The lowest BCUT2D eigenvalue weighted by molar-refractivity contribution is -0.137. The molecule has 0 aromatic heterocycles. The number of aliphatic hydroxyl groups is 1. The van der Waals surface area contributed by atoms with E-state index >= 15 is 0 Å². The number of fused-ring (bicyclic) bond motifs is 1. The minimum atomic E-state index is -0.995. The van der Waals surface area contributed by atoms with Crippen molar-refractivity contribution < 1.29 is 15.0 Å². The number of carbonyl (C=O) groups is 1. The summed E-state index contributed by atoms with van der Waals surface area (Å²) in [6.07, 6.45) is 0. The van der Waals surface area contributed by atoms with Crippen molar-refractivity contribution in [3.8, 4) is 0 Å². The highest BCUT2D eigenvalue weighted by Crippen LogP contribution is 2.27. The van der Waals surface area contributed by atoms with Crippen molar-refractivity contribution in [1.82, 2.24) is 0 Å². The van der Waals surface area contributed by atoms with Crippen molar-refractivity contribution in [3.63, 3.8) is 0 Å². The Labute approximate surface area is 103 Å². The van der Waals surface area contributed by atoms with E-state index in [1.54, 1.807) is 0 Å². The van der Waals surface area contributed by atoms with Crippen LogP contribution >= 0.6 is 11.8 Å². The molecule has 88 valence electrons. The summed E-state index contributed by atoms with van der Waals surface area (Å²) < 4.78 is 0. The standard InChI is InChI=1S/C13H12O3S/c14-8-12(13(15)16)17-11-6-5-9-3-1-2-4-10(9)7-11/h1-7,12,14H,8H2,(H,15,16). The molecule has 0 bridgehead atoms. The van der Waals surface area contributed by atoms with E-state index in [0.717, 1.165) is 27.4 Å². The Bertz CT molecular complexity index is 539. The van der Waals surface area contributed by atoms with E-state index in [0.29, 0.717) is 0 Å². The van der Waals surface area contributed by atoms with Crippen LogP contribution in [-0.4, -0.2) is 28.0 Å². The van der Waals surface area contributed by atoms with Gasteiger partial charge in [-0.25, -0.2) is 0 Å². The molecule has 0 heterocycles. The van der Waals surface area contributed by atoms with Gasteiger partial charge in [-0.2, -0.15) is 0 Å². The normalized spacial score (nSPS) is 12.5. The molecule has 2 aromatic carbocycles. The molecule has 1 unspecified atom stereocenters. The third-order valence-electron chi connectivity index (χ3n) is 2.44. The second-order valence-corrected chi connectivity index (χ2v) is 4.91. The fraction of sp³-hybridized carbons (Fsp3) is 0.154. The summed E-state index contributed by atoms with van der Waals surface area (Å²) in [4.78, 5) is 11.7. The third-order valence-corrected chi connectivity index (χ3v) is 3.60. The van der Waals surface area contributed by atoms with Crippen molar-refractivity contribution in [2.24, 2.45) is 0 Å². The van der Waals surface area contributed by atoms with Crippen LogP contribution in [-0.2, 0) is 4.79 Å². The lowest BCUT2D eigenvalue weighted by Crippen LogP contribution is -2.20. The van der Waals surface area contributed by atoms with Crippen LogP contribution in [0.2, 0.25) is 0 Å². The van der Waals surface area contributed by atoms with E-state index in [1.165, 1.54) is 0 Å². The number of carboxylic acid groups (broad SMARTS) is 1. The van der Waals surface area contributed by atoms with E-state index in [4.69, 9.17) is 10.2 Å². The second-order valence-electron chi connectivity index (χ2n) is 3.64. The lowest BCUT2D eigenvalue weighted by Gasteiger charge is -2.09. The first-order chi connectivity index (χ1) is 8.20. The van der Waals surface area contributed by atoms with Crippen LogP contribution in [0, 0.1) is 0 Å². The first-order valence-corrected chi connectivity index (χ1v) is 6.08. The zero-order valence-corrected chi connectivity index (χ0v) is 9.85. The quantitative estimate of drug-likeness (QED) is 0.816. The van der Waals surface area contributed by atoms with Gasteiger partial charge in [-0.05, 0) is 22.9 Å². The Morgan fingerprint density at radius 2 is 1.88 bits per heavy atom. The van der Waals surface area contributed by atoms with Gasteiger partial charge in [-0.1, -0.05) is 30.3 Å². The van der Waals surface area contributed by atoms with Gasteiger partial charge in [0.2, 0.25) is 0 Å². The van der Waals surface area contributed by atoms with Crippen molar-refractivity contribution in [2.75, 3.05) is 6.61 Å². The first-order valence-electron chi connectivity index (χ1n) is 5.20. The monoisotopic (exact) mass is 248 g/mol. The van der Waals surface area contributed by atoms with Gasteiger partial charge >= 0.3 is 5.97 Å². The van der Waals surface area contributed by atoms with Crippen molar-refractivity contribution >= 4 is 28.5 Å². The number of benzene rings is 2. The molecule has 3 nitrogen and oxygen atoms in total. The molecule has 0 aliphatic rings. The van der Waals surface area contributed by atoms with E-state index < -0.39 is 11.2 Å². The Balaban J connectivity index is 2.27. The van der Waals surface area contributed by atoms with Gasteiger partial charge in [-0.15, -0.1) is 11.8 Å². The zero-order chi connectivity index (χ0) is 12.3. The SMILES string of the molecule is O=C(O)C(CO)Sc1ccc2ccccc2c1. The molecule has 4 heteroatoms. The van der Waals surface area contributed by atoms with Crippen molar-refractivity contribution in [3.05, 3.63) is 42.5 Å². The molecular weight excluding hydrogens is 236 g/mol. The predicted octanol–water partition coefficient (Wildman–Crippen LogP) is 2.38. The molecule has 0 spiro atoms. The number of aliphatic carboxylic acids is 1. The molecule has 0 radical (unpaired) electrons. The molecule has 2 aromatic rings. The van der Waals surface area contributed by atoms with E-state index in [2.05, 4.69) is 0 Å². The minimum Gasteiger partial charge on any atom is -0.480 e. The summed E-state index contributed by atoms with van der Waals surface area (Å²) >= 11 is 1.16. The van der Waals surface area contributed by atoms with E-state index in [-0.39, 0.29) is 6.61 Å². The fourth-order valence-electron chi connectivity index (χ4n) is 1.57. The highest BCUT2D eigenvalue weighted by molar-refractivity contribution is 8.00. The van der Waals surface area contributed by atoms with Crippen LogP contribution in [0.3, 0.4) is 0 Å². The Morgan fingerprint density at radius 1 is 1.18 bits per heavy atom. The number of hydrogen-bond donors (Lipinski definition) is 2. The van der Waals surface area contributed by atoms with Crippen molar-refractivity contribution in [1.29, 1.82) is 0 Å². The highest BCUT2D eigenvalue weighted by Gasteiger charge is 2.17. The molecule has 0 amide bonds. The van der Waals surface area contributed by atoms with E-state index in [1.807, 2.05) is 42.5 Å². The number of thioether (sulfide) groups is 1. The molecule has 0 saturated carbocycles. The second kappa shape index (κ2) is 5.21. The maximum atomic E-state index is 10.8. The maximum absolute atomic E-state index is 10.8. The van der Waals surface area contributed by atoms with Crippen LogP contribution in [0.25, 0.3) is 10.8 Å². The lowest BCUT2D eigenvalue weighted by atomic mass is 10.1. The molecule has 2 rings (SSSR count). The molecule has 0 saturated heterocycles. The molecule has 1 atom stereocenters. The topological polar surface area (TPSA) is 57.5 Å². The van der Waals surface area contributed by atoms with Crippen LogP contribution in [0.4, 0.5) is 0 Å². The Hall–Kier alpha value is -1.52. The summed E-state index contributed by atoms with van der Waals surface area (Å²) in [6.45, 7) is -0.368. The van der Waals surface area contributed by atoms with Gasteiger partial charge in [0, 0.05) is 4.90 Å². The van der Waals surface area contributed by atoms with Crippen molar-refractivity contribution in [2.45, 2.75) is 10.1 Å². The fourth-order valence-corrected chi connectivity index (χ4v) is 2.42. The molecule has 0 fully saturated rings. The number of carboxylic acids is 1. The Morgan fingerprint density at radius 3 is 2.53 bits per heavy atom. The Kier molecular flexibility index (Phi) is 3.66. The van der Waals surface area contributed by atoms with Crippen LogP contribution in [0.5, 0.6) is 0 Å². The summed E-state index contributed by atoms with van der Waals surface area (Å²) in [5.41, 5.74) is 0. The number of rotatable bonds is 4. The van der Waals surface area contributed by atoms with Crippen LogP contribution in [0.1, 0.15) is 0 Å². The average molecular weight is 248 g/mol. The van der Waals surface area contributed by atoms with Gasteiger partial charge in [0.1, 0.15) is 5.25 Å². The summed E-state index contributed by atoms with van der Waals surface area (Å²) in [7, 11) is 0. The first kappa shape index (κ1) is 12.0. The number of aliphatic hydroxyl groups excluding tert-OH is 1. The summed E-state index contributed by atoms with van der Waals surface area (Å²) in [5.74, 6) is -0.995. The molecule has 0 aliphatic heterocycles. The molecule has 17 heavy (non-hydrogen) atoms. The van der Waals surface area contributed by atoms with Gasteiger partial charge < -0.3 is 10.2 Å². The van der Waals surface area contributed by atoms with Gasteiger partial charge in [-0.3, -0.25) is 4.79 Å². The molecular formula is C13H12O3S. The van der Waals surface area contributed by atoms with Gasteiger partial charge in [0.15, 0.2) is 0 Å². The van der Waals surface area contributed by atoms with Crippen LogP contribution < -0.4 is 0 Å². The highest BCUT2D eigenvalue weighted by atomic mass is 32.2. The number of hydrogen-bond acceptors (Lipinski definition) is 3. The smallest absolute Gasteiger partial charge is 0.319 e. The largest absolute Gasteiger partial charge is 0.480 e. The maximum Gasteiger partial charge on any atom is 0.319 e. The van der Waals surface area contributed by atoms with Gasteiger partial charge in [0.05, 0.1) is 6.61 Å². The molecule has 0 aliphatic carbocycles. The summed E-state index contributed by atoms with van der Waals surface area (Å²) in [5, 5.41) is 19.2. The summed E-state index contributed by atoms with van der Waals surface area (Å²) in [6, 6.07) is 13.6. The van der Waals surface area contributed by atoms with E-state index in [9.17, 15) is 4.79 Å².